The Morgan fingerprint density at radius 3 is 2.88 bits per heavy atom. The molecule has 0 radical (unpaired) electrons. The van der Waals surface area contributed by atoms with E-state index in [1.54, 1.807) is 24.4 Å². The zero-order chi connectivity index (χ0) is 18.7. The van der Waals surface area contributed by atoms with Crippen LogP contribution in [0.15, 0.2) is 36.5 Å². The fourth-order valence-corrected chi connectivity index (χ4v) is 3.33. The van der Waals surface area contributed by atoms with E-state index in [0.29, 0.717) is 28.9 Å². The molecule has 136 valence electrons. The molecular weight excluding hydrogens is 330 g/mol. The Morgan fingerprint density at radius 1 is 1.35 bits per heavy atom. The summed E-state index contributed by atoms with van der Waals surface area (Å²) in [6.45, 7) is 3.89. The molecule has 0 unspecified atom stereocenters. The molecule has 6 nitrogen and oxygen atoms in total. The van der Waals surface area contributed by atoms with Gasteiger partial charge >= 0.3 is 0 Å². The van der Waals surface area contributed by atoms with E-state index in [9.17, 15) is 14.7 Å². The van der Waals surface area contributed by atoms with Crippen LogP contribution < -0.4 is 10.6 Å². The van der Waals surface area contributed by atoms with Crippen LogP contribution in [0.3, 0.4) is 0 Å². The largest absolute Gasteiger partial charge is 0.385 e. The first kappa shape index (κ1) is 18.1. The van der Waals surface area contributed by atoms with E-state index < -0.39 is 12.1 Å². The first-order valence-electron chi connectivity index (χ1n) is 8.83. The highest BCUT2D eigenvalue weighted by Gasteiger charge is 2.28. The number of rotatable bonds is 6. The molecule has 6 heteroatoms. The highest BCUT2D eigenvalue weighted by atomic mass is 16.3. The van der Waals surface area contributed by atoms with Gasteiger partial charge in [0.2, 0.25) is 5.91 Å². The summed E-state index contributed by atoms with van der Waals surface area (Å²) in [7, 11) is 0. The summed E-state index contributed by atoms with van der Waals surface area (Å²) in [6.07, 6.45) is 2.36. The number of hydrogen-bond donors (Lipinski definition) is 3. The predicted octanol–water partition coefficient (Wildman–Crippen LogP) is 2.52. The van der Waals surface area contributed by atoms with Crippen molar-refractivity contribution in [1.29, 1.82) is 0 Å². The lowest BCUT2D eigenvalue weighted by atomic mass is 9.98. The Morgan fingerprint density at radius 2 is 2.15 bits per heavy atom. The van der Waals surface area contributed by atoms with Gasteiger partial charge < -0.3 is 15.7 Å². The van der Waals surface area contributed by atoms with Gasteiger partial charge in [0.15, 0.2) is 0 Å². The molecule has 0 saturated heterocycles. The van der Waals surface area contributed by atoms with Gasteiger partial charge in [0.25, 0.3) is 5.91 Å². The smallest absolute Gasteiger partial charge is 0.251 e. The van der Waals surface area contributed by atoms with Gasteiger partial charge in [-0.3, -0.25) is 14.6 Å². The number of anilines is 1. The third kappa shape index (κ3) is 3.60. The first-order valence-corrected chi connectivity index (χ1v) is 8.83. The molecule has 3 N–H and O–H groups in total. The maximum Gasteiger partial charge on any atom is 0.251 e. The van der Waals surface area contributed by atoms with E-state index in [1.807, 2.05) is 26.0 Å². The summed E-state index contributed by atoms with van der Waals surface area (Å²) in [5.74, 6) is -0.404. The van der Waals surface area contributed by atoms with Crippen LogP contribution in [0.2, 0.25) is 0 Å². The minimum absolute atomic E-state index is 0.116. The number of aliphatic hydroxyl groups is 1. The quantitative estimate of drug-likeness (QED) is 0.744. The summed E-state index contributed by atoms with van der Waals surface area (Å²) >= 11 is 0. The lowest BCUT2D eigenvalue weighted by Gasteiger charge is -2.25. The minimum atomic E-state index is -0.892. The molecule has 26 heavy (non-hydrogen) atoms. The van der Waals surface area contributed by atoms with Crippen molar-refractivity contribution in [2.45, 2.75) is 45.3 Å². The number of benzene rings is 1. The Kier molecular flexibility index (Phi) is 5.32. The number of amides is 2. The van der Waals surface area contributed by atoms with Crippen LogP contribution >= 0.6 is 0 Å². The number of aliphatic hydroxyl groups excluding tert-OH is 1. The second kappa shape index (κ2) is 7.66. The number of pyridine rings is 1. The fourth-order valence-electron chi connectivity index (χ4n) is 3.33. The van der Waals surface area contributed by atoms with Crippen molar-refractivity contribution in [2.75, 3.05) is 5.32 Å². The van der Waals surface area contributed by atoms with E-state index in [4.69, 9.17) is 0 Å². The summed E-state index contributed by atoms with van der Waals surface area (Å²) in [6, 6.07) is 8.48. The van der Waals surface area contributed by atoms with Crippen molar-refractivity contribution in [1.82, 2.24) is 10.3 Å². The molecule has 0 aliphatic carbocycles. The Bertz CT molecular complexity index is 835. The van der Waals surface area contributed by atoms with Crippen LogP contribution in [0.1, 0.15) is 53.0 Å². The van der Waals surface area contributed by atoms with Gasteiger partial charge in [0.05, 0.1) is 18.2 Å². The Balaban J connectivity index is 1.83. The SMILES string of the molecule is CCC[C@@H](NC(=O)c1cccc2c1CC(=O)N2)[C@@H](O)c1ncccc1C. The van der Waals surface area contributed by atoms with Crippen LogP contribution in [-0.4, -0.2) is 27.9 Å². The first-order chi connectivity index (χ1) is 12.5. The highest BCUT2D eigenvalue weighted by molar-refractivity contribution is 6.05. The van der Waals surface area contributed by atoms with Gasteiger partial charge in [-0.2, -0.15) is 0 Å². The van der Waals surface area contributed by atoms with Crippen LogP contribution in [-0.2, 0) is 11.2 Å². The lowest BCUT2D eigenvalue weighted by Crippen LogP contribution is -2.40. The van der Waals surface area contributed by atoms with Crippen LogP contribution in [0.5, 0.6) is 0 Å². The van der Waals surface area contributed by atoms with Crippen molar-refractivity contribution < 1.29 is 14.7 Å². The predicted molar refractivity (Wildman–Crippen MR) is 98.9 cm³/mol. The second-order valence-corrected chi connectivity index (χ2v) is 6.58. The van der Waals surface area contributed by atoms with Crippen molar-refractivity contribution >= 4 is 17.5 Å². The normalized spacial score (nSPS) is 15.1. The van der Waals surface area contributed by atoms with E-state index in [2.05, 4.69) is 15.6 Å². The topological polar surface area (TPSA) is 91.3 Å². The molecule has 0 bridgehead atoms. The number of carbonyl (C=O) groups excluding carboxylic acids is 2. The number of carbonyl (C=O) groups is 2. The molecule has 2 atom stereocenters. The molecule has 0 saturated carbocycles. The van der Waals surface area contributed by atoms with E-state index in [0.717, 1.165) is 12.0 Å². The molecule has 2 aromatic rings. The van der Waals surface area contributed by atoms with Crippen molar-refractivity contribution in [3.63, 3.8) is 0 Å². The van der Waals surface area contributed by atoms with Crippen LogP contribution in [0, 0.1) is 6.92 Å². The maximum absolute atomic E-state index is 12.8. The number of hydrogen-bond acceptors (Lipinski definition) is 4. The molecule has 1 aromatic carbocycles. The van der Waals surface area contributed by atoms with Gasteiger partial charge in [-0.25, -0.2) is 0 Å². The molecular formula is C20H23N3O3. The zero-order valence-corrected chi connectivity index (χ0v) is 15.0. The molecule has 1 aliphatic heterocycles. The van der Waals surface area contributed by atoms with Gasteiger partial charge in [-0.05, 0) is 42.7 Å². The van der Waals surface area contributed by atoms with Crippen LogP contribution in [0.4, 0.5) is 5.69 Å². The highest BCUT2D eigenvalue weighted by Crippen LogP contribution is 2.27. The van der Waals surface area contributed by atoms with Gasteiger partial charge in [0, 0.05) is 17.4 Å². The molecule has 2 heterocycles. The molecule has 1 aromatic heterocycles. The van der Waals surface area contributed by atoms with E-state index >= 15 is 0 Å². The minimum Gasteiger partial charge on any atom is -0.385 e. The van der Waals surface area contributed by atoms with Crippen molar-refractivity contribution in [3.8, 4) is 0 Å². The van der Waals surface area contributed by atoms with E-state index in [-0.39, 0.29) is 18.2 Å². The number of fused-ring (bicyclic) bond motifs is 1. The average molecular weight is 353 g/mol. The number of nitrogens with one attached hydrogen (secondary N) is 2. The fraction of sp³-hybridized carbons (Fsp3) is 0.350. The molecule has 3 rings (SSSR count). The van der Waals surface area contributed by atoms with Crippen molar-refractivity contribution in [2.24, 2.45) is 0 Å². The summed E-state index contributed by atoms with van der Waals surface area (Å²) < 4.78 is 0. The summed E-state index contributed by atoms with van der Waals surface area (Å²) in [5, 5.41) is 16.5. The van der Waals surface area contributed by atoms with Gasteiger partial charge in [-0.1, -0.05) is 25.5 Å². The number of aryl methyl sites for hydroxylation is 1. The number of nitrogens with zero attached hydrogens (tertiary/aromatic N) is 1. The Hall–Kier alpha value is -2.73. The molecule has 1 aliphatic rings. The second-order valence-electron chi connectivity index (χ2n) is 6.58. The van der Waals surface area contributed by atoms with E-state index in [1.165, 1.54) is 0 Å². The summed E-state index contributed by atoms with van der Waals surface area (Å²) in [4.78, 5) is 28.7. The van der Waals surface area contributed by atoms with Crippen LogP contribution in [0.25, 0.3) is 0 Å². The Labute approximate surface area is 152 Å². The lowest BCUT2D eigenvalue weighted by molar-refractivity contribution is -0.115. The van der Waals surface area contributed by atoms with Gasteiger partial charge in [0.1, 0.15) is 6.10 Å². The monoisotopic (exact) mass is 353 g/mol. The number of aromatic nitrogens is 1. The maximum atomic E-state index is 12.8. The average Bonchev–Trinajstić information content (AvgIpc) is 3.01. The molecule has 0 spiro atoms. The molecule has 0 fully saturated rings. The molecule has 2 amide bonds. The third-order valence-corrected chi connectivity index (χ3v) is 4.66. The van der Waals surface area contributed by atoms with Gasteiger partial charge in [-0.15, -0.1) is 0 Å². The third-order valence-electron chi connectivity index (χ3n) is 4.66. The zero-order valence-electron chi connectivity index (χ0n) is 15.0. The summed E-state index contributed by atoms with van der Waals surface area (Å²) in [5.41, 5.74) is 3.29. The standard InChI is InChI=1S/C20H23N3O3/c1-3-6-16(19(25)18-12(2)7-5-10-21-18)23-20(26)13-8-4-9-15-14(13)11-17(24)22-15/h4-5,7-10,16,19,25H,3,6,11H2,1-2H3,(H,22,24)(H,23,26)/t16-,19-/m1/s1. The van der Waals surface area contributed by atoms with Crippen molar-refractivity contribution in [3.05, 3.63) is 58.9 Å².